The molecule has 102 valence electrons. The summed E-state index contributed by atoms with van der Waals surface area (Å²) in [5.74, 6) is 0.0726. The van der Waals surface area contributed by atoms with Crippen LogP contribution in [0.5, 0.6) is 0 Å². The smallest absolute Gasteiger partial charge is 0.242 e. The summed E-state index contributed by atoms with van der Waals surface area (Å²) in [6.07, 6.45) is 2.20. The molecule has 0 spiro atoms. The second-order valence-corrected chi connectivity index (χ2v) is 5.42. The minimum absolute atomic E-state index is 0.0726. The van der Waals surface area contributed by atoms with E-state index in [1.54, 1.807) is 0 Å². The van der Waals surface area contributed by atoms with Crippen molar-refractivity contribution in [3.63, 3.8) is 0 Å². The van der Waals surface area contributed by atoms with Crippen LogP contribution in [0.3, 0.4) is 0 Å². The number of hydrogen-bond acceptors (Lipinski definition) is 3. The van der Waals surface area contributed by atoms with Crippen molar-refractivity contribution < 1.29 is 4.79 Å². The third kappa shape index (κ3) is 3.44. The van der Waals surface area contributed by atoms with E-state index < -0.39 is 0 Å². The Balaban J connectivity index is 2.02. The number of benzene rings is 1. The number of nitrogens with one attached hydrogen (secondary N) is 1. The summed E-state index contributed by atoms with van der Waals surface area (Å²) in [5.41, 5.74) is 7.37. The molecular formula is C14H19N3OS. The molecule has 2 rings (SSSR count). The molecule has 19 heavy (non-hydrogen) atoms. The highest BCUT2D eigenvalue weighted by atomic mass is 32.1. The Morgan fingerprint density at radius 1 is 1.42 bits per heavy atom. The zero-order chi connectivity index (χ0) is 14.0. The Bertz CT molecular complexity index is 482. The van der Waals surface area contributed by atoms with Gasteiger partial charge in [-0.05, 0) is 44.0 Å². The van der Waals surface area contributed by atoms with Gasteiger partial charge in [0.1, 0.15) is 11.0 Å². The molecule has 1 unspecified atom stereocenters. The van der Waals surface area contributed by atoms with Gasteiger partial charge in [0.05, 0.1) is 0 Å². The predicted molar refractivity (Wildman–Crippen MR) is 81.4 cm³/mol. The van der Waals surface area contributed by atoms with E-state index in [0.29, 0.717) is 11.0 Å². The van der Waals surface area contributed by atoms with Crippen molar-refractivity contribution >= 4 is 28.8 Å². The molecule has 3 N–H and O–H groups in total. The van der Waals surface area contributed by atoms with Gasteiger partial charge in [-0.2, -0.15) is 0 Å². The number of rotatable bonds is 5. The minimum atomic E-state index is -0.198. The standard InChI is InChI=1S/C14H19N3OS/c1-9(14(18)16-11-5-6-11)17(2)12-7-3-10(4-8-12)13(15)19/h3-4,7-9,11H,5-6H2,1-2H3,(H2,15,19)(H,16,18). The van der Waals surface area contributed by atoms with Crippen LogP contribution in [0.1, 0.15) is 25.3 Å². The molecule has 5 heteroatoms. The van der Waals surface area contributed by atoms with Gasteiger partial charge in [-0.15, -0.1) is 0 Å². The van der Waals surface area contributed by atoms with Gasteiger partial charge in [-0.25, -0.2) is 0 Å². The summed E-state index contributed by atoms with van der Waals surface area (Å²) in [4.78, 5) is 14.3. The molecule has 1 amide bonds. The summed E-state index contributed by atoms with van der Waals surface area (Å²) >= 11 is 4.92. The summed E-state index contributed by atoms with van der Waals surface area (Å²) in [6.45, 7) is 1.90. The molecule has 0 aromatic heterocycles. The van der Waals surface area contributed by atoms with Gasteiger partial charge >= 0.3 is 0 Å². The third-order valence-electron chi connectivity index (χ3n) is 3.44. The first-order valence-corrected chi connectivity index (χ1v) is 6.83. The van der Waals surface area contributed by atoms with Crippen LogP contribution in [0.25, 0.3) is 0 Å². The van der Waals surface area contributed by atoms with Gasteiger partial charge in [0.2, 0.25) is 5.91 Å². The highest BCUT2D eigenvalue weighted by Crippen LogP contribution is 2.20. The van der Waals surface area contributed by atoms with Gasteiger partial charge in [-0.1, -0.05) is 12.2 Å². The average Bonchev–Trinajstić information content (AvgIpc) is 3.21. The van der Waals surface area contributed by atoms with E-state index in [9.17, 15) is 4.79 Å². The zero-order valence-electron chi connectivity index (χ0n) is 11.2. The van der Waals surface area contributed by atoms with Gasteiger partial charge in [0, 0.05) is 24.3 Å². The van der Waals surface area contributed by atoms with Crippen LogP contribution in [-0.4, -0.2) is 30.0 Å². The number of nitrogens with two attached hydrogens (primary N) is 1. The maximum Gasteiger partial charge on any atom is 0.242 e. The second-order valence-electron chi connectivity index (χ2n) is 4.98. The van der Waals surface area contributed by atoms with Crippen molar-refractivity contribution in [3.8, 4) is 0 Å². The van der Waals surface area contributed by atoms with E-state index in [4.69, 9.17) is 18.0 Å². The molecule has 1 aliphatic carbocycles. The molecule has 1 aliphatic rings. The number of thiocarbonyl (C=S) groups is 1. The minimum Gasteiger partial charge on any atom is -0.389 e. The van der Waals surface area contributed by atoms with Crippen molar-refractivity contribution in [2.45, 2.75) is 31.8 Å². The fraction of sp³-hybridized carbons (Fsp3) is 0.429. The van der Waals surface area contributed by atoms with E-state index in [1.807, 2.05) is 43.1 Å². The Hall–Kier alpha value is -1.62. The second kappa shape index (κ2) is 5.57. The molecule has 1 fully saturated rings. The quantitative estimate of drug-likeness (QED) is 0.799. The van der Waals surface area contributed by atoms with Crippen LogP contribution in [0.2, 0.25) is 0 Å². The SMILES string of the molecule is CC(C(=O)NC1CC1)N(C)c1ccc(C(N)=S)cc1. The maximum atomic E-state index is 12.0. The average molecular weight is 277 g/mol. The predicted octanol–water partition coefficient (Wildman–Crippen LogP) is 1.42. The van der Waals surface area contributed by atoms with Crippen molar-refractivity contribution in [1.82, 2.24) is 5.32 Å². The fourth-order valence-corrected chi connectivity index (χ4v) is 1.95. The van der Waals surface area contributed by atoms with Crippen LogP contribution in [0, 0.1) is 0 Å². The molecule has 0 heterocycles. The normalized spacial score (nSPS) is 15.7. The first-order valence-electron chi connectivity index (χ1n) is 6.42. The number of nitrogens with zero attached hydrogens (tertiary/aromatic N) is 1. The Kier molecular flexibility index (Phi) is 4.04. The maximum absolute atomic E-state index is 12.0. The van der Waals surface area contributed by atoms with Gasteiger partial charge in [-0.3, -0.25) is 4.79 Å². The Morgan fingerprint density at radius 2 is 2.00 bits per heavy atom. The molecule has 0 aliphatic heterocycles. The lowest BCUT2D eigenvalue weighted by atomic mass is 10.1. The molecule has 0 radical (unpaired) electrons. The van der Waals surface area contributed by atoms with E-state index in [-0.39, 0.29) is 11.9 Å². The van der Waals surface area contributed by atoms with E-state index in [0.717, 1.165) is 24.1 Å². The topological polar surface area (TPSA) is 58.4 Å². The van der Waals surface area contributed by atoms with Gasteiger partial charge in [0.15, 0.2) is 0 Å². The number of anilines is 1. The molecule has 0 bridgehead atoms. The largest absolute Gasteiger partial charge is 0.389 e. The summed E-state index contributed by atoms with van der Waals surface area (Å²) in [6, 6.07) is 7.79. The zero-order valence-corrected chi connectivity index (χ0v) is 12.0. The highest BCUT2D eigenvalue weighted by Gasteiger charge is 2.27. The molecule has 1 aromatic rings. The van der Waals surface area contributed by atoms with Crippen molar-refractivity contribution in [1.29, 1.82) is 0 Å². The summed E-state index contributed by atoms with van der Waals surface area (Å²) in [5, 5.41) is 3.01. The molecule has 1 saturated carbocycles. The first-order chi connectivity index (χ1) is 8.99. The molecule has 4 nitrogen and oxygen atoms in total. The fourth-order valence-electron chi connectivity index (χ4n) is 1.81. The van der Waals surface area contributed by atoms with Crippen LogP contribution < -0.4 is 16.0 Å². The van der Waals surface area contributed by atoms with E-state index >= 15 is 0 Å². The van der Waals surface area contributed by atoms with Crippen LogP contribution in [0.15, 0.2) is 24.3 Å². The van der Waals surface area contributed by atoms with Crippen molar-refractivity contribution in [3.05, 3.63) is 29.8 Å². The van der Waals surface area contributed by atoms with E-state index in [1.165, 1.54) is 0 Å². The molecule has 1 atom stereocenters. The van der Waals surface area contributed by atoms with Crippen LogP contribution >= 0.6 is 12.2 Å². The molecular weight excluding hydrogens is 258 g/mol. The molecule has 1 aromatic carbocycles. The Morgan fingerprint density at radius 3 is 2.47 bits per heavy atom. The highest BCUT2D eigenvalue weighted by molar-refractivity contribution is 7.80. The monoisotopic (exact) mass is 277 g/mol. The lowest BCUT2D eigenvalue weighted by Crippen LogP contribution is -2.44. The van der Waals surface area contributed by atoms with Crippen molar-refractivity contribution in [2.75, 3.05) is 11.9 Å². The van der Waals surface area contributed by atoms with Crippen molar-refractivity contribution in [2.24, 2.45) is 5.73 Å². The number of carbonyl (C=O) groups excluding carboxylic acids is 1. The van der Waals surface area contributed by atoms with Gasteiger partial charge in [0.25, 0.3) is 0 Å². The lowest BCUT2D eigenvalue weighted by molar-refractivity contribution is -0.122. The Labute approximate surface area is 119 Å². The van der Waals surface area contributed by atoms with Crippen LogP contribution in [0.4, 0.5) is 5.69 Å². The van der Waals surface area contributed by atoms with Gasteiger partial charge < -0.3 is 16.0 Å². The number of carbonyl (C=O) groups is 1. The van der Waals surface area contributed by atoms with Crippen LogP contribution in [-0.2, 0) is 4.79 Å². The first kappa shape index (κ1) is 13.8. The number of hydrogen-bond donors (Lipinski definition) is 2. The number of amides is 1. The summed E-state index contributed by atoms with van der Waals surface area (Å²) in [7, 11) is 1.91. The van der Waals surface area contributed by atoms with E-state index in [2.05, 4.69) is 5.32 Å². The lowest BCUT2D eigenvalue weighted by Gasteiger charge is -2.26. The summed E-state index contributed by atoms with van der Waals surface area (Å²) < 4.78 is 0. The molecule has 0 saturated heterocycles. The third-order valence-corrected chi connectivity index (χ3v) is 3.68. The number of likely N-dealkylation sites (N-methyl/N-ethyl adjacent to an activating group) is 1.